The number of aryl methyl sites for hydroxylation is 9. The first-order chi connectivity index (χ1) is 55.0. The van der Waals surface area contributed by atoms with Gasteiger partial charge in [-0.2, -0.15) is 18.3 Å². The summed E-state index contributed by atoms with van der Waals surface area (Å²) in [6.07, 6.45) is 0. The highest BCUT2D eigenvalue weighted by molar-refractivity contribution is 6.13. The molecule has 20 aromatic rings. The summed E-state index contributed by atoms with van der Waals surface area (Å²) >= 11 is 0. The van der Waals surface area contributed by atoms with Crippen LogP contribution in [0.25, 0.3) is 178 Å². The van der Waals surface area contributed by atoms with Crippen molar-refractivity contribution >= 4 is 87.9 Å². The van der Waals surface area contributed by atoms with Gasteiger partial charge in [0.15, 0.2) is 5.58 Å². The van der Waals surface area contributed by atoms with Gasteiger partial charge in [-0.05, 0) is 216 Å². The van der Waals surface area contributed by atoms with Gasteiger partial charge in [0.25, 0.3) is 0 Å². The van der Waals surface area contributed by atoms with Crippen LogP contribution in [0.3, 0.4) is 0 Å². The molecule has 9 heterocycles. The molecule has 113 heavy (non-hydrogen) atoms. The Morgan fingerprint density at radius 2 is 0.566 bits per heavy atom. The largest absolute Gasteiger partial charge is 0.456 e. The van der Waals surface area contributed by atoms with E-state index in [4.69, 9.17) is 17.7 Å². The highest BCUT2D eigenvalue weighted by Crippen LogP contribution is 2.42. The number of benzene rings is 11. The van der Waals surface area contributed by atoms with Crippen LogP contribution in [-0.2, 0) is 28.2 Å². The van der Waals surface area contributed by atoms with Gasteiger partial charge in [0, 0.05) is 125 Å². The number of fused-ring (bicyclic) bond motifs is 12. The summed E-state index contributed by atoms with van der Waals surface area (Å²) in [4.78, 5) is 4.60. The molecule has 0 radical (unpaired) electrons. The molecule has 9 aromatic heterocycles. The summed E-state index contributed by atoms with van der Waals surface area (Å²) in [5.41, 5.74) is 37.5. The molecule has 0 bridgehead atoms. The van der Waals surface area contributed by atoms with Crippen molar-refractivity contribution in [2.75, 3.05) is 0 Å². The molecule has 0 aliphatic heterocycles. The van der Waals surface area contributed by atoms with Crippen molar-refractivity contribution in [2.24, 2.45) is 28.2 Å². The number of hydrogen-bond acceptors (Lipinski definition) is 5. The third kappa shape index (κ3) is 13.3. The fraction of sp³-hybridized carbons (Fsp3) is 0.125. The minimum atomic E-state index is 0.699. The summed E-state index contributed by atoms with van der Waals surface area (Å²) in [6, 6.07) is 106. The van der Waals surface area contributed by atoms with Gasteiger partial charge in [0.05, 0.1) is 16.7 Å². The summed E-state index contributed by atoms with van der Waals surface area (Å²) in [7, 11) is 8.56. The Labute approximate surface area is 658 Å². The van der Waals surface area contributed by atoms with Gasteiger partial charge in [-0.25, -0.2) is 4.98 Å². The Balaban J connectivity index is 0.000000109. The SMILES string of the molecule is Cc1ccc2c(n1)oc1c(-c3cccc(-c4ccccc4C)[n+]3C)c(C)ccc12.Cc1ccccc1-c1cccc(-c2c(C)ccc3oc4ccccc4c23)[n+]1C.Cc1ccccc1-c1cccc(-c2cc3c(cc2C)oc2ccccc23)[n+]1C.Cc1ccccc1-c1cccc(-c2cc3oc4ccccc4c3cc2C)[n+]1C. The Hall–Kier alpha value is -13.6. The minimum Gasteiger partial charge on any atom is -0.456 e. The summed E-state index contributed by atoms with van der Waals surface area (Å²) < 4.78 is 33.7. The molecule has 9 heteroatoms. The van der Waals surface area contributed by atoms with Crippen LogP contribution in [0.5, 0.6) is 0 Å². The lowest BCUT2D eigenvalue weighted by Crippen LogP contribution is -2.34. The van der Waals surface area contributed by atoms with E-state index in [1.54, 1.807) is 0 Å². The molecule has 0 saturated heterocycles. The predicted octanol–water partition coefficient (Wildman–Crippen LogP) is 25.1. The maximum Gasteiger partial charge on any atom is 0.227 e. The van der Waals surface area contributed by atoms with E-state index in [1.807, 2.05) is 49.4 Å². The zero-order chi connectivity index (χ0) is 77.9. The molecular formula is C104H89N5O4+4. The van der Waals surface area contributed by atoms with E-state index in [2.05, 4.69) is 368 Å². The fourth-order valence-electron chi connectivity index (χ4n) is 16.7. The molecule has 0 fully saturated rings. The molecule has 0 saturated carbocycles. The second kappa shape index (κ2) is 30.0. The summed E-state index contributed by atoms with van der Waals surface area (Å²) in [5, 5.41) is 9.19. The molecular weight excluding hydrogens is 1380 g/mol. The Morgan fingerprint density at radius 1 is 0.212 bits per heavy atom. The Bertz CT molecular complexity index is 7120. The average molecular weight is 1470 g/mol. The van der Waals surface area contributed by atoms with Crippen molar-refractivity contribution in [3.8, 4) is 90.1 Å². The van der Waals surface area contributed by atoms with Crippen LogP contribution in [-0.4, -0.2) is 4.98 Å². The first-order valence-electron chi connectivity index (χ1n) is 38.7. The minimum absolute atomic E-state index is 0.699. The molecule has 0 atom stereocenters. The van der Waals surface area contributed by atoms with E-state index in [1.165, 1.54) is 139 Å². The van der Waals surface area contributed by atoms with E-state index in [0.717, 1.165) is 83.0 Å². The molecule has 0 amide bonds. The molecule has 0 spiro atoms. The number of hydrogen-bond donors (Lipinski definition) is 0. The lowest BCUT2D eigenvalue weighted by atomic mass is 9.97. The van der Waals surface area contributed by atoms with Crippen molar-refractivity contribution in [3.05, 3.63) is 354 Å². The molecule has 0 N–H and O–H groups in total. The molecule has 11 aromatic carbocycles. The van der Waals surface area contributed by atoms with E-state index < -0.39 is 0 Å². The van der Waals surface area contributed by atoms with Gasteiger partial charge in [0.2, 0.25) is 51.3 Å². The fourth-order valence-corrected chi connectivity index (χ4v) is 16.7. The first kappa shape index (κ1) is 72.2. The van der Waals surface area contributed by atoms with Crippen molar-refractivity contribution in [2.45, 2.75) is 62.3 Å². The lowest BCUT2D eigenvalue weighted by Gasteiger charge is -2.10. The highest BCUT2D eigenvalue weighted by Gasteiger charge is 2.28. The van der Waals surface area contributed by atoms with E-state index >= 15 is 0 Å². The molecule has 9 nitrogen and oxygen atoms in total. The van der Waals surface area contributed by atoms with Crippen LogP contribution in [0.1, 0.15) is 50.2 Å². The number of para-hydroxylation sites is 3. The monoisotopic (exact) mass is 1470 g/mol. The van der Waals surface area contributed by atoms with E-state index in [-0.39, 0.29) is 0 Å². The van der Waals surface area contributed by atoms with E-state index in [9.17, 15) is 0 Å². The average Bonchev–Trinajstić information content (AvgIpc) is 1.65. The second-order valence-electron chi connectivity index (χ2n) is 30.0. The topological polar surface area (TPSA) is 81.0 Å². The van der Waals surface area contributed by atoms with Gasteiger partial charge in [-0.3, -0.25) is 0 Å². The Kier molecular flexibility index (Phi) is 19.2. The molecule has 20 rings (SSSR count). The van der Waals surface area contributed by atoms with Gasteiger partial charge >= 0.3 is 0 Å². The Morgan fingerprint density at radius 3 is 1.06 bits per heavy atom. The maximum absolute atomic E-state index is 6.30. The maximum atomic E-state index is 6.30. The molecule has 0 aliphatic rings. The van der Waals surface area contributed by atoms with Crippen molar-refractivity contribution in [1.82, 2.24) is 4.98 Å². The smallest absolute Gasteiger partial charge is 0.227 e. The van der Waals surface area contributed by atoms with Gasteiger partial charge in [0.1, 0.15) is 61.7 Å². The molecule has 0 aliphatic carbocycles. The van der Waals surface area contributed by atoms with Crippen LogP contribution in [0, 0.1) is 62.3 Å². The highest BCUT2D eigenvalue weighted by atomic mass is 16.3. The zero-order valence-corrected chi connectivity index (χ0v) is 66.2. The van der Waals surface area contributed by atoms with Crippen LogP contribution in [0.2, 0.25) is 0 Å². The van der Waals surface area contributed by atoms with Crippen LogP contribution < -0.4 is 18.3 Å². The number of furan rings is 4. The number of pyridine rings is 5. The quantitative estimate of drug-likeness (QED) is 0.142. The van der Waals surface area contributed by atoms with Crippen LogP contribution in [0.4, 0.5) is 0 Å². The zero-order valence-electron chi connectivity index (χ0n) is 66.2. The standard InChI is InChI=1S/C26H23N2O.3C26H22NO/c1-16-8-5-6-9-19(16)22-10-7-11-23(28(22)4)24-17(2)12-14-20-21-15-13-18(3)27-26(21)29-25(20)24;1-17-9-4-5-10-19(17)23-12-8-13-24(27(23)3)21-16-22-20-11-6-7-14-25(20)28-26(22)15-18(21)2;1-17-9-4-5-10-19(17)23-12-8-13-24(27(23)3)21-16-26-22(15-18(21)2)20-11-6-7-14-25(20)28-26;1-17-9-4-5-10-19(17)21-12-8-13-22(27(21)3)25-18(2)15-16-24-26(25)20-11-6-7-14-23(20)28-24/h5-15H,1-4H3;3*4-16H,1-3H3/q4*+1. The lowest BCUT2D eigenvalue weighted by molar-refractivity contribution is -0.649. The summed E-state index contributed by atoms with van der Waals surface area (Å²) in [5.74, 6) is 0. The van der Waals surface area contributed by atoms with Crippen molar-refractivity contribution in [1.29, 1.82) is 0 Å². The van der Waals surface area contributed by atoms with Crippen molar-refractivity contribution in [3.63, 3.8) is 0 Å². The second-order valence-corrected chi connectivity index (χ2v) is 30.0. The number of aromatic nitrogens is 5. The van der Waals surface area contributed by atoms with Gasteiger partial charge in [-0.1, -0.05) is 146 Å². The molecule has 0 unspecified atom stereocenters. The van der Waals surface area contributed by atoms with Crippen LogP contribution in [0.15, 0.2) is 321 Å². The van der Waals surface area contributed by atoms with Gasteiger partial charge in [-0.15, -0.1) is 0 Å². The van der Waals surface area contributed by atoms with Gasteiger partial charge < -0.3 is 17.7 Å². The number of rotatable bonds is 8. The summed E-state index contributed by atoms with van der Waals surface area (Å²) in [6.45, 7) is 19.3. The molecule has 550 valence electrons. The number of nitrogens with zero attached hydrogens (tertiary/aromatic N) is 5. The van der Waals surface area contributed by atoms with E-state index in [0.29, 0.717) is 5.71 Å². The normalized spacial score (nSPS) is 11.4. The predicted molar refractivity (Wildman–Crippen MR) is 464 cm³/mol. The first-order valence-corrected chi connectivity index (χ1v) is 38.7. The van der Waals surface area contributed by atoms with Crippen molar-refractivity contribution < 1.29 is 35.9 Å². The van der Waals surface area contributed by atoms with Crippen LogP contribution >= 0.6 is 0 Å². The third-order valence-corrected chi connectivity index (χ3v) is 22.7. The third-order valence-electron chi connectivity index (χ3n) is 22.7.